The van der Waals surface area contributed by atoms with Gasteiger partial charge in [-0.15, -0.1) is 0 Å². The van der Waals surface area contributed by atoms with Gasteiger partial charge >= 0.3 is 5.69 Å². The predicted molar refractivity (Wildman–Crippen MR) is 82.7 cm³/mol. The molecule has 0 aliphatic heterocycles. The lowest BCUT2D eigenvalue weighted by atomic mass is 10.3. The number of para-hydroxylation sites is 1. The second-order valence-electron chi connectivity index (χ2n) is 4.59. The zero-order valence-corrected chi connectivity index (χ0v) is 12.0. The normalized spacial score (nSPS) is 11.3. The van der Waals surface area contributed by atoms with E-state index in [2.05, 4.69) is 4.98 Å². The van der Waals surface area contributed by atoms with Gasteiger partial charge in [0.2, 0.25) is 4.96 Å². The Balaban J connectivity index is 2.02. The van der Waals surface area contributed by atoms with Gasteiger partial charge in [0.15, 0.2) is 0 Å². The minimum Gasteiger partial charge on any atom is -0.497 e. The predicted octanol–water partition coefficient (Wildman–Crippen LogP) is 2.71. The summed E-state index contributed by atoms with van der Waals surface area (Å²) < 4.78 is 8.47. The third kappa shape index (κ3) is 1.76. The van der Waals surface area contributed by atoms with E-state index < -0.39 is 0 Å². The lowest BCUT2D eigenvalue weighted by Gasteiger charge is -1.99. The number of aromatic nitrogens is 3. The van der Waals surface area contributed by atoms with Crippen LogP contribution in [0.25, 0.3) is 21.7 Å². The van der Waals surface area contributed by atoms with Gasteiger partial charge in [0, 0.05) is 6.07 Å². The molecule has 0 saturated heterocycles. The summed E-state index contributed by atoms with van der Waals surface area (Å²) in [7, 11) is 1.61. The van der Waals surface area contributed by atoms with E-state index in [1.165, 1.54) is 11.5 Å². The molecule has 5 nitrogen and oxygen atoms in total. The maximum absolute atomic E-state index is 12.6. The van der Waals surface area contributed by atoms with E-state index in [4.69, 9.17) is 4.74 Å². The largest absolute Gasteiger partial charge is 0.497 e. The average molecular weight is 297 g/mol. The number of nitrogens with zero attached hydrogens (tertiary/aromatic N) is 3. The average Bonchev–Trinajstić information content (AvgIpc) is 3.04. The molecule has 21 heavy (non-hydrogen) atoms. The van der Waals surface area contributed by atoms with Gasteiger partial charge in [0.1, 0.15) is 5.75 Å². The molecule has 0 fully saturated rings. The standard InChI is InChI=1S/C15H11N3O2S/c1-20-11-7-8-13-12(9-11)16-14-17(13)15(19)18(21-14)10-5-3-2-4-6-10/h2-9H,1H3. The molecule has 6 heteroatoms. The van der Waals surface area contributed by atoms with Crippen molar-refractivity contribution < 1.29 is 4.74 Å². The van der Waals surface area contributed by atoms with E-state index in [9.17, 15) is 4.79 Å². The van der Waals surface area contributed by atoms with Crippen LogP contribution in [0.5, 0.6) is 5.75 Å². The van der Waals surface area contributed by atoms with Crippen LogP contribution in [0.15, 0.2) is 53.3 Å². The van der Waals surface area contributed by atoms with Crippen molar-refractivity contribution in [3.05, 3.63) is 59.0 Å². The topological polar surface area (TPSA) is 48.5 Å². The maximum Gasteiger partial charge on any atom is 0.349 e. The van der Waals surface area contributed by atoms with Crippen LogP contribution in [0.1, 0.15) is 0 Å². The molecule has 104 valence electrons. The lowest BCUT2D eigenvalue weighted by Crippen LogP contribution is -2.17. The van der Waals surface area contributed by atoms with Crippen molar-refractivity contribution in [1.29, 1.82) is 0 Å². The minimum atomic E-state index is -0.103. The van der Waals surface area contributed by atoms with E-state index in [-0.39, 0.29) is 5.69 Å². The fraction of sp³-hybridized carbons (Fsp3) is 0.0667. The quantitative estimate of drug-likeness (QED) is 0.571. The summed E-state index contributed by atoms with van der Waals surface area (Å²) in [5, 5.41) is 0. The fourth-order valence-corrected chi connectivity index (χ4v) is 3.30. The first kappa shape index (κ1) is 12.2. The summed E-state index contributed by atoms with van der Waals surface area (Å²) in [6.07, 6.45) is 0. The highest BCUT2D eigenvalue weighted by Gasteiger charge is 2.14. The molecule has 0 atom stereocenters. The van der Waals surface area contributed by atoms with E-state index >= 15 is 0 Å². The van der Waals surface area contributed by atoms with Crippen LogP contribution in [0.4, 0.5) is 0 Å². The Morgan fingerprint density at radius 3 is 2.71 bits per heavy atom. The second kappa shape index (κ2) is 4.46. The molecule has 2 aromatic carbocycles. The fourth-order valence-electron chi connectivity index (χ4n) is 2.35. The molecule has 0 radical (unpaired) electrons. The summed E-state index contributed by atoms with van der Waals surface area (Å²) in [5.41, 5.74) is 2.30. The van der Waals surface area contributed by atoms with E-state index in [0.717, 1.165) is 22.5 Å². The van der Waals surface area contributed by atoms with E-state index in [1.54, 1.807) is 15.5 Å². The highest BCUT2D eigenvalue weighted by molar-refractivity contribution is 7.12. The summed E-state index contributed by atoms with van der Waals surface area (Å²) in [6.45, 7) is 0. The van der Waals surface area contributed by atoms with Crippen LogP contribution in [0.2, 0.25) is 0 Å². The smallest absolute Gasteiger partial charge is 0.349 e. The molecule has 0 unspecified atom stereocenters. The summed E-state index contributed by atoms with van der Waals surface area (Å²) >= 11 is 1.33. The van der Waals surface area contributed by atoms with Crippen molar-refractivity contribution in [2.24, 2.45) is 0 Å². The van der Waals surface area contributed by atoms with Gasteiger partial charge in [-0.2, -0.15) is 0 Å². The molecule has 4 aromatic rings. The van der Waals surface area contributed by atoms with Crippen molar-refractivity contribution >= 4 is 27.5 Å². The van der Waals surface area contributed by atoms with Gasteiger partial charge in [-0.1, -0.05) is 18.2 Å². The summed E-state index contributed by atoms with van der Waals surface area (Å²) in [5.74, 6) is 0.733. The molecule has 0 aliphatic carbocycles. The number of fused-ring (bicyclic) bond motifs is 3. The van der Waals surface area contributed by atoms with Gasteiger partial charge in [0.05, 0.1) is 23.8 Å². The minimum absolute atomic E-state index is 0.103. The molecule has 0 saturated carbocycles. The third-order valence-corrected chi connectivity index (χ3v) is 4.35. The van der Waals surface area contributed by atoms with Crippen LogP contribution < -0.4 is 10.4 Å². The number of ether oxygens (including phenoxy) is 1. The van der Waals surface area contributed by atoms with Crippen molar-refractivity contribution in [2.45, 2.75) is 0 Å². The number of methoxy groups -OCH3 is 1. The molecule has 2 heterocycles. The first-order valence-electron chi connectivity index (χ1n) is 6.42. The van der Waals surface area contributed by atoms with Crippen molar-refractivity contribution in [1.82, 2.24) is 13.3 Å². The zero-order chi connectivity index (χ0) is 14.4. The molecule has 0 N–H and O–H groups in total. The van der Waals surface area contributed by atoms with Crippen molar-refractivity contribution in [2.75, 3.05) is 7.11 Å². The van der Waals surface area contributed by atoms with Crippen LogP contribution >= 0.6 is 11.5 Å². The SMILES string of the molecule is COc1ccc2c(c1)nc1sn(-c3ccccc3)c(=O)n12. The van der Waals surface area contributed by atoms with Crippen LogP contribution in [-0.4, -0.2) is 20.5 Å². The molecule has 0 bridgehead atoms. The Hall–Kier alpha value is -2.60. The number of benzene rings is 2. The van der Waals surface area contributed by atoms with Crippen LogP contribution in [0.3, 0.4) is 0 Å². The molecule has 0 spiro atoms. The van der Waals surface area contributed by atoms with Gasteiger partial charge < -0.3 is 4.74 Å². The molecule has 4 rings (SSSR count). The zero-order valence-electron chi connectivity index (χ0n) is 11.2. The summed E-state index contributed by atoms with van der Waals surface area (Å²) in [4.78, 5) is 17.8. The number of rotatable bonds is 2. The first-order chi connectivity index (χ1) is 10.3. The van der Waals surface area contributed by atoms with Gasteiger partial charge in [-0.05, 0) is 35.8 Å². The van der Waals surface area contributed by atoms with Gasteiger partial charge in [-0.25, -0.2) is 18.1 Å². The van der Waals surface area contributed by atoms with Crippen molar-refractivity contribution in [3.8, 4) is 11.4 Å². The third-order valence-electron chi connectivity index (χ3n) is 3.36. The number of hydrogen-bond acceptors (Lipinski definition) is 4. The Morgan fingerprint density at radius 1 is 1.14 bits per heavy atom. The Labute approximate surface area is 123 Å². The van der Waals surface area contributed by atoms with E-state index in [1.807, 2.05) is 48.5 Å². The number of hydrogen-bond donors (Lipinski definition) is 0. The highest BCUT2D eigenvalue weighted by atomic mass is 32.1. The first-order valence-corrected chi connectivity index (χ1v) is 7.19. The molecular weight excluding hydrogens is 286 g/mol. The van der Waals surface area contributed by atoms with Gasteiger partial charge in [-0.3, -0.25) is 0 Å². The van der Waals surface area contributed by atoms with E-state index in [0.29, 0.717) is 4.96 Å². The van der Waals surface area contributed by atoms with Crippen LogP contribution in [-0.2, 0) is 0 Å². The second-order valence-corrected chi connectivity index (χ2v) is 5.50. The lowest BCUT2D eigenvalue weighted by molar-refractivity contribution is 0.415. The molecule has 0 amide bonds. The highest BCUT2D eigenvalue weighted by Crippen LogP contribution is 2.23. The maximum atomic E-state index is 12.6. The Bertz CT molecular complexity index is 998. The number of imidazole rings is 1. The van der Waals surface area contributed by atoms with Crippen LogP contribution in [0, 0.1) is 0 Å². The van der Waals surface area contributed by atoms with Crippen molar-refractivity contribution in [3.63, 3.8) is 0 Å². The molecule has 2 aromatic heterocycles. The monoisotopic (exact) mass is 297 g/mol. The van der Waals surface area contributed by atoms with Gasteiger partial charge in [0.25, 0.3) is 0 Å². The molecular formula is C15H11N3O2S. The Kier molecular flexibility index (Phi) is 2.58. The summed E-state index contributed by atoms with van der Waals surface area (Å²) in [6, 6.07) is 15.1. The Morgan fingerprint density at radius 2 is 1.95 bits per heavy atom. The molecule has 0 aliphatic rings.